The SMILES string of the molecule is COc1cc(F)cc(-c2cccc3[nH]c(-c4[nH]nc5ncc(-c6cncc(NC(=O)C7CCCCC7)c6)cc45)cc23)c1. The number of carbonyl (C=O) groups is 1. The molecule has 1 aliphatic carbocycles. The second kappa shape index (κ2) is 10.7. The number of aromatic amines is 2. The number of methoxy groups -OCH3 is 1. The quantitative estimate of drug-likeness (QED) is 0.195. The lowest BCUT2D eigenvalue weighted by Gasteiger charge is -2.20. The fraction of sp³-hybridized carbons (Fsp3) is 0.212. The van der Waals surface area contributed by atoms with Crippen LogP contribution in [0.4, 0.5) is 10.1 Å². The standard InChI is InChI=1S/C33H29FN6O2/c1-42-25-12-20(10-23(34)14-25)26-8-5-9-29-27(26)15-30(38-29)31-28-13-22(17-36-32(28)40-39-31)21-11-24(18-35-16-21)37-33(41)19-6-3-2-4-7-19/h5,8-19,38H,2-4,6-7H2,1H3,(H,37,41)(H,36,39,40). The minimum atomic E-state index is -0.359. The second-order valence-corrected chi connectivity index (χ2v) is 10.8. The number of hydrogen-bond donors (Lipinski definition) is 3. The number of carbonyl (C=O) groups excluding carboxylic acids is 1. The molecule has 0 atom stereocenters. The van der Waals surface area contributed by atoms with Crippen molar-refractivity contribution in [1.82, 2.24) is 25.1 Å². The molecule has 8 nitrogen and oxygen atoms in total. The molecule has 0 spiro atoms. The van der Waals surface area contributed by atoms with Gasteiger partial charge in [0.15, 0.2) is 5.65 Å². The van der Waals surface area contributed by atoms with Crippen LogP contribution < -0.4 is 10.1 Å². The largest absolute Gasteiger partial charge is 0.497 e. The van der Waals surface area contributed by atoms with E-state index in [0.717, 1.165) is 75.6 Å². The molecule has 42 heavy (non-hydrogen) atoms. The van der Waals surface area contributed by atoms with E-state index in [0.29, 0.717) is 17.1 Å². The van der Waals surface area contributed by atoms with E-state index in [1.165, 1.54) is 25.7 Å². The number of nitrogens with one attached hydrogen (secondary N) is 3. The van der Waals surface area contributed by atoms with Crippen molar-refractivity contribution in [2.45, 2.75) is 32.1 Å². The summed E-state index contributed by atoms with van der Waals surface area (Å²) in [6.45, 7) is 0. The van der Waals surface area contributed by atoms with Crippen LogP contribution in [0.25, 0.3) is 55.6 Å². The Hall–Kier alpha value is -5.05. The van der Waals surface area contributed by atoms with Gasteiger partial charge in [0.1, 0.15) is 11.6 Å². The minimum absolute atomic E-state index is 0.0636. The molecule has 9 heteroatoms. The summed E-state index contributed by atoms with van der Waals surface area (Å²) in [4.78, 5) is 25.3. The summed E-state index contributed by atoms with van der Waals surface area (Å²) in [5.41, 5.74) is 7.08. The topological polar surface area (TPSA) is 109 Å². The number of amides is 1. The highest BCUT2D eigenvalue weighted by Gasteiger charge is 2.21. The Kier molecular flexibility index (Phi) is 6.62. The highest BCUT2D eigenvalue weighted by molar-refractivity contribution is 6.01. The minimum Gasteiger partial charge on any atom is -0.497 e. The zero-order valence-corrected chi connectivity index (χ0v) is 23.1. The van der Waals surface area contributed by atoms with Gasteiger partial charge in [-0.15, -0.1) is 0 Å². The number of hydrogen-bond acceptors (Lipinski definition) is 5. The third-order valence-corrected chi connectivity index (χ3v) is 8.08. The van der Waals surface area contributed by atoms with E-state index in [1.807, 2.05) is 42.5 Å². The van der Waals surface area contributed by atoms with Crippen molar-refractivity contribution in [3.05, 3.63) is 79.0 Å². The normalized spacial score (nSPS) is 14.0. The zero-order chi connectivity index (χ0) is 28.6. The van der Waals surface area contributed by atoms with Crippen molar-refractivity contribution >= 4 is 33.5 Å². The van der Waals surface area contributed by atoms with Crippen molar-refractivity contribution in [2.75, 3.05) is 12.4 Å². The van der Waals surface area contributed by atoms with Gasteiger partial charge >= 0.3 is 0 Å². The van der Waals surface area contributed by atoms with E-state index in [4.69, 9.17) is 4.74 Å². The van der Waals surface area contributed by atoms with Crippen LogP contribution in [-0.4, -0.2) is 38.2 Å². The van der Waals surface area contributed by atoms with Gasteiger partial charge in [0.05, 0.1) is 30.4 Å². The first-order valence-corrected chi connectivity index (χ1v) is 14.1. The third kappa shape index (κ3) is 4.87. The molecule has 4 aromatic heterocycles. The fourth-order valence-electron chi connectivity index (χ4n) is 5.92. The van der Waals surface area contributed by atoms with Crippen molar-refractivity contribution in [2.24, 2.45) is 5.92 Å². The molecule has 1 fully saturated rings. The van der Waals surface area contributed by atoms with Crippen LogP contribution in [0.2, 0.25) is 0 Å². The van der Waals surface area contributed by atoms with Gasteiger partial charge in [-0.3, -0.25) is 14.9 Å². The Bertz CT molecular complexity index is 1940. The number of halogens is 1. The molecule has 0 unspecified atom stereocenters. The average Bonchev–Trinajstić information content (AvgIpc) is 3.65. The number of rotatable bonds is 6. The Labute approximate surface area is 241 Å². The lowest BCUT2D eigenvalue weighted by atomic mass is 9.88. The molecular weight excluding hydrogens is 531 g/mol. The number of fused-ring (bicyclic) bond motifs is 2. The zero-order valence-electron chi connectivity index (χ0n) is 23.1. The van der Waals surface area contributed by atoms with E-state index in [2.05, 4.69) is 30.5 Å². The van der Waals surface area contributed by atoms with Crippen LogP contribution >= 0.6 is 0 Å². The van der Waals surface area contributed by atoms with Gasteiger partial charge in [0.25, 0.3) is 0 Å². The summed E-state index contributed by atoms with van der Waals surface area (Å²) < 4.78 is 19.6. The van der Waals surface area contributed by atoms with E-state index in [-0.39, 0.29) is 17.6 Å². The predicted molar refractivity (Wildman–Crippen MR) is 162 cm³/mol. The third-order valence-electron chi connectivity index (χ3n) is 8.08. The fourth-order valence-corrected chi connectivity index (χ4v) is 5.92. The van der Waals surface area contributed by atoms with Crippen molar-refractivity contribution < 1.29 is 13.9 Å². The maximum atomic E-state index is 14.3. The molecule has 1 amide bonds. The molecule has 1 aliphatic rings. The predicted octanol–water partition coefficient (Wildman–Crippen LogP) is 7.50. The van der Waals surface area contributed by atoms with Gasteiger partial charge in [-0.25, -0.2) is 9.37 Å². The molecule has 2 aromatic carbocycles. The molecular formula is C33H29FN6O2. The lowest BCUT2D eigenvalue weighted by molar-refractivity contribution is -0.120. The summed E-state index contributed by atoms with van der Waals surface area (Å²) in [5.74, 6) is 0.230. The number of pyridine rings is 2. The van der Waals surface area contributed by atoms with Crippen molar-refractivity contribution in [1.29, 1.82) is 0 Å². The number of nitrogens with zero attached hydrogens (tertiary/aromatic N) is 3. The van der Waals surface area contributed by atoms with E-state index >= 15 is 0 Å². The average molecular weight is 561 g/mol. The van der Waals surface area contributed by atoms with Gasteiger partial charge in [-0.2, -0.15) is 5.10 Å². The number of benzene rings is 2. The first kappa shape index (κ1) is 25.9. The van der Waals surface area contributed by atoms with Crippen LogP contribution in [0.1, 0.15) is 32.1 Å². The lowest BCUT2D eigenvalue weighted by Crippen LogP contribution is -2.24. The molecule has 0 bridgehead atoms. The van der Waals surface area contributed by atoms with Gasteiger partial charge in [0, 0.05) is 51.8 Å². The number of aromatic nitrogens is 5. The number of anilines is 1. The number of H-pyrrole nitrogens is 2. The molecule has 0 aliphatic heterocycles. The smallest absolute Gasteiger partial charge is 0.227 e. The summed E-state index contributed by atoms with van der Waals surface area (Å²) in [6.07, 6.45) is 10.5. The molecule has 0 saturated heterocycles. The summed E-state index contributed by atoms with van der Waals surface area (Å²) in [7, 11) is 1.53. The van der Waals surface area contributed by atoms with Gasteiger partial charge in [0.2, 0.25) is 5.91 Å². The van der Waals surface area contributed by atoms with Crippen molar-refractivity contribution in [3.8, 4) is 39.4 Å². The monoisotopic (exact) mass is 560 g/mol. The van der Waals surface area contributed by atoms with Crippen LogP contribution in [0.5, 0.6) is 5.75 Å². The second-order valence-electron chi connectivity index (χ2n) is 10.8. The van der Waals surface area contributed by atoms with Gasteiger partial charge in [-0.1, -0.05) is 31.4 Å². The van der Waals surface area contributed by atoms with E-state index in [9.17, 15) is 9.18 Å². The van der Waals surface area contributed by atoms with E-state index < -0.39 is 0 Å². The van der Waals surface area contributed by atoms with Crippen LogP contribution in [0.15, 0.2) is 73.2 Å². The highest BCUT2D eigenvalue weighted by atomic mass is 19.1. The van der Waals surface area contributed by atoms with E-state index in [1.54, 1.807) is 18.6 Å². The van der Waals surface area contributed by atoms with Crippen LogP contribution in [0, 0.1) is 11.7 Å². The summed E-state index contributed by atoms with van der Waals surface area (Å²) >= 11 is 0. The molecule has 6 aromatic rings. The molecule has 4 heterocycles. The first-order chi connectivity index (χ1) is 20.6. The number of ether oxygens (including phenoxy) is 1. The van der Waals surface area contributed by atoms with Crippen LogP contribution in [-0.2, 0) is 4.79 Å². The highest BCUT2D eigenvalue weighted by Crippen LogP contribution is 2.36. The maximum absolute atomic E-state index is 14.3. The Morgan fingerprint density at radius 2 is 1.81 bits per heavy atom. The van der Waals surface area contributed by atoms with Gasteiger partial charge < -0.3 is 15.0 Å². The first-order valence-electron chi connectivity index (χ1n) is 14.1. The molecule has 7 rings (SSSR count). The van der Waals surface area contributed by atoms with Gasteiger partial charge in [-0.05, 0) is 60.4 Å². The molecule has 0 radical (unpaired) electrons. The summed E-state index contributed by atoms with van der Waals surface area (Å²) in [5, 5.41) is 12.4. The Balaban J connectivity index is 1.23. The van der Waals surface area contributed by atoms with Crippen molar-refractivity contribution in [3.63, 3.8) is 0 Å². The Morgan fingerprint density at radius 1 is 0.952 bits per heavy atom. The molecule has 3 N–H and O–H groups in total. The summed E-state index contributed by atoms with van der Waals surface area (Å²) in [6, 6.07) is 16.6. The Morgan fingerprint density at radius 3 is 2.67 bits per heavy atom. The molecule has 210 valence electrons. The molecule has 1 saturated carbocycles. The maximum Gasteiger partial charge on any atom is 0.227 e. The van der Waals surface area contributed by atoms with Crippen LogP contribution in [0.3, 0.4) is 0 Å².